The van der Waals surface area contributed by atoms with Crippen molar-refractivity contribution in [3.63, 3.8) is 0 Å². The third-order valence-corrected chi connectivity index (χ3v) is 3.62. The van der Waals surface area contributed by atoms with Crippen LogP contribution in [0.3, 0.4) is 0 Å². The van der Waals surface area contributed by atoms with Gasteiger partial charge in [-0.2, -0.15) is 0 Å². The summed E-state index contributed by atoms with van der Waals surface area (Å²) in [6, 6.07) is 8.13. The molecule has 2 rings (SSSR count). The van der Waals surface area contributed by atoms with Gasteiger partial charge in [0.05, 0.1) is 19.6 Å². The molecular formula is C15H20O3. The van der Waals surface area contributed by atoms with E-state index in [1.807, 2.05) is 19.1 Å². The van der Waals surface area contributed by atoms with Crippen molar-refractivity contribution in [2.24, 2.45) is 5.92 Å². The molecule has 1 saturated carbocycles. The zero-order chi connectivity index (χ0) is 13.0. The molecule has 18 heavy (non-hydrogen) atoms. The molecule has 1 aliphatic rings. The van der Waals surface area contributed by atoms with Crippen LogP contribution in [0.2, 0.25) is 0 Å². The lowest BCUT2D eigenvalue weighted by atomic mass is 9.96. The largest absolute Gasteiger partial charge is 0.497 e. The molecule has 0 spiro atoms. The zero-order valence-electron chi connectivity index (χ0n) is 11.0. The van der Waals surface area contributed by atoms with E-state index in [1.165, 1.54) is 5.56 Å². The number of carbonyl (C=O) groups is 1. The number of benzene rings is 1. The Morgan fingerprint density at radius 2 is 2.22 bits per heavy atom. The molecule has 0 aliphatic heterocycles. The van der Waals surface area contributed by atoms with Gasteiger partial charge in [-0.25, -0.2) is 0 Å². The van der Waals surface area contributed by atoms with E-state index in [9.17, 15) is 4.79 Å². The molecule has 0 amide bonds. The fourth-order valence-corrected chi connectivity index (χ4v) is 2.65. The summed E-state index contributed by atoms with van der Waals surface area (Å²) in [5, 5.41) is 0. The summed E-state index contributed by atoms with van der Waals surface area (Å²) in [4.78, 5) is 11.7. The van der Waals surface area contributed by atoms with Crippen molar-refractivity contribution < 1.29 is 14.3 Å². The summed E-state index contributed by atoms with van der Waals surface area (Å²) < 4.78 is 10.3. The molecule has 2 unspecified atom stereocenters. The van der Waals surface area contributed by atoms with Gasteiger partial charge >= 0.3 is 5.97 Å². The molecule has 98 valence electrons. The number of hydrogen-bond donors (Lipinski definition) is 0. The van der Waals surface area contributed by atoms with E-state index in [1.54, 1.807) is 7.11 Å². The van der Waals surface area contributed by atoms with Gasteiger partial charge < -0.3 is 9.47 Å². The second-order valence-electron chi connectivity index (χ2n) is 4.74. The van der Waals surface area contributed by atoms with Gasteiger partial charge in [0.25, 0.3) is 0 Å². The lowest BCUT2D eigenvalue weighted by Crippen LogP contribution is -2.14. The van der Waals surface area contributed by atoms with Crippen LogP contribution in [0.4, 0.5) is 0 Å². The molecule has 0 bridgehead atoms. The van der Waals surface area contributed by atoms with Crippen molar-refractivity contribution in [3.05, 3.63) is 29.8 Å². The molecule has 3 heteroatoms. The number of methoxy groups -OCH3 is 1. The van der Waals surface area contributed by atoms with Crippen molar-refractivity contribution >= 4 is 5.97 Å². The van der Waals surface area contributed by atoms with Gasteiger partial charge in [0.2, 0.25) is 0 Å². The summed E-state index contributed by atoms with van der Waals surface area (Å²) in [7, 11) is 1.68. The topological polar surface area (TPSA) is 35.5 Å². The number of hydrogen-bond acceptors (Lipinski definition) is 3. The van der Waals surface area contributed by atoms with Crippen LogP contribution >= 0.6 is 0 Å². The highest BCUT2D eigenvalue weighted by atomic mass is 16.5. The molecule has 1 fully saturated rings. The molecule has 0 aromatic heterocycles. The molecular weight excluding hydrogens is 228 g/mol. The minimum absolute atomic E-state index is 0.0390. The number of ether oxygens (including phenoxy) is 2. The van der Waals surface area contributed by atoms with E-state index in [0.717, 1.165) is 25.0 Å². The quantitative estimate of drug-likeness (QED) is 0.768. The van der Waals surface area contributed by atoms with Crippen LogP contribution in [-0.2, 0) is 9.53 Å². The van der Waals surface area contributed by atoms with Gasteiger partial charge in [-0.3, -0.25) is 4.79 Å². The van der Waals surface area contributed by atoms with Crippen LogP contribution in [0, 0.1) is 5.92 Å². The van der Waals surface area contributed by atoms with Crippen LogP contribution in [0.5, 0.6) is 5.75 Å². The Balaban J connectivity index is 2.01. The van der Waals surface area contributed by atoms with E-state index in [0.29, 0.717) is 12.5 Å². The minimum atomic E-state index is -0.0390. The first-order valence-corrected chi connectivity index (χ1v) is 6.55. The van der Waals surface area contributed by atoms with E-state index < -0.39 is 0 Å². The third kappa shape index (κ3) is 2.84. The highest BCUT2D eigenvalue weighted by Crippen LogP contribution is 2.39. The summed E-state index contributed by atoms with van der Waals surface area (Å²) in [6.45, 7) is 2.32. The molecule has 1 aromatic carbocycles. The maximum Gasteiger partial charge on any atom is 0.308 e. The van der Waals surface area contributed by atoms with E-state index in [-0.39, 0.29) is 11.9 Å². The van der Waals surface area contributed by atoms with E-state index >= 15 is 0 Å². The second-order valence-corrected chi connectivity index (χ2v) is 4.74. The summed E-state index contributed by atoms with van der Waals surface area (Å²) in [5.74, 6) is 1.37. The Morgan fingerprint density at radius 3 is 2.94 bits per heavy atom. The van der Waals surface area contributed by atoms with Crippen LogP contribution < -0.4 is 4.74 Å². The highest BCUT2D eigenvalue weighted by molar-refractivity contribution is 5.73. The first kappa shape index (κ1) is 12.9. The zero-order valence-corrected chi connectivity index (χ0v) is 11.0. The van der Waals surface area contributed by atoms with Crippen LogP contribution in [0.15, 0.2) is 24.3 Å². The Kier molecular flexibility index (Phi) is 4.24. The first-order valence-electron chi connectivity index (χ1n) is 6.55. The van der Waals surface area contributed by atoms with Crippen molar-refractivity contribution in [2.75, 3.05) is 13.7 Å². The van der Waals surface area contributed by atoms with Gasteiger partial charge in [-0.1, -0.05) is 12.1 Å². The Bertz CT molecular complexity index is 414. The fourth-order valence-electron chi connectivity index (χ4n) is 2.65. The van der Waals surface area contributed by atoms with Gasteiger partial charge in [0.1, 0.15) is 5.75 Å². The maximum absolute atomic E-state index is 11.7. The number of rotatable bonds is 4. The lowest BCUT2D eigenvalue weighted by Gasteiger charge is -2.12. The summed E-state index contributed by atoms with van der Waals surface area (Å²) >= 11 is 0. The van der Waals surface area contributed by atoms with Gasteiger partial charge in [-0.15, -0.1) is 0 Å². The van der Waals surface area contributed by atoms with Crippen molar-refractivity contribution in [1.82, 2.24) is 0 Å². The molecule has 0 heterocycles. The highest BCUT2D eigenvalue weighted by Gasteiger charge is 2.31. The van der Waals surface area contributed by atoms with Crippen molar-refractivity contribution in [3.8, 4) is 5.75 Å². The van der Waals surface area contributed by atoms with E-state index in [2.05, 4.69) is 12.1 Å². The van der Waals surface area contributed by atoms with Crippen LogP contribution in [0.1, 0.15) is 37.7 Å². The molecule has 1 aromatic rings. The van der Waals surface area contributed by atoms with Crippen LogP contribution in [-0.4, -0.2) is 19.7 Å². The number of esters is 1. The predicted octanol–water partition coefficient (Wildman–Crippen LogP) is 3.14. The molecule has 0 N–H and O–H groups in total. The van der Waals surface area contributed by atoms with Crippen molar-refractivity contribution in [1.29, 1.82) is 0 Å². The summed E-state index contributed by atoms with van der Waals surface area (Å²) in [6.07, 6.45) is 2.88. The predicted molar refractivity (Wildman–Crippen MR) is 69.7 cm³/mol. The normalized spacial score (nSPS) is 22.8. The average molecular weight is 248 g/mol. The molecule has 0 radical (unpaired) electrons. The fraction of sp³-hybridized carbons (Fsp3) is 0.533. The molecule has 2 atom stereocenters. The van der Waals surface area contributed by atoms with Gasteiger partial charge in [-0.05, 0) is 49.8 Å². The first-order chi connectivity index (χ1) is 8.74. The monoisotopic (exact) mass is 248 g/mol. The third-order valence-electron chi connectivity index (χ3n) is 3.62. The Morgan fingerprint density at radius 1 is 1.39 bits per heavy atom. The van der Waals surface area contributed by atoms with Gasteiger partial charge in [0, 0.05) is 0 Å². The maximum atomic E-state index is 11.7. The van der Waals surface area contributed by atoms with E-state index in [4.69, 9.17) is 9.47 Å². The summed E-state index contributed by atoms with van der Waals surface area (Å²) in [5.41, 5.74) is 1.26. The minimum Gasteiger partial charge on any atom is -0.497 e. The average Bonchev–Trinajstić information content (AvgIpc) is 2.89. The lowest BCUT2D eigenvalue weighted by molar-refractivity contribution is -0.147. The van der Waals surface area contributed by atoms with Crippen molar-refractivity contribution in [2.45, 2.75) is 32.1 Å². The second kappa shape index (κ2) is 5.89. The SMILES string of the molecule is CCOC(=O)C1CCC(c2cccc(OC)c2)C1. The smallest absolute Gasteiger partial charge is 0.308 e. The molecule has 3 nitrogen and oxygen atoms in total. The van der Waals surface area contributed by atoms with Crippen LogP contribution in [0.25, 0.3) is 0 Å². The standard InChI is InChI=1S/C15H20O3/c1-3-18-15(16)13-8-7-12(9-13)11-5-4-6-14(10-11)17-2/h4-6,10,12-13H,3,7-9H2,1-2H3. The van der Waals surface area contributed by atoms with Gasteiger partial charge in [0.15, 0.2) is 0 Å². The molecule has 1 aliphatic carbocycles. The molecule has 0 saturated heterocycles. The Hall–Kier alpha value is -1.51. The number of carbonyl (C=O) groups excluding carboxylic acids is 1. The Labute approximate surface area is 108 Å².